The number of benzene rings is 3. The first-order valence-corrected chi connectivity index (χ1v) is 12.6. The van der Waals surface area contributed by atoms with Gasteiger partial charge in [0.2, 0.25) is 0 Å². The van der Waals surface area contributed by atoms with Crippen molar-refractivity contribution >= 4 is 0 Å². The van der Waals surface area contributed by atoms with Crippen molar-refractivity contribution in [1.29, 1.82) is 0 Å². The molecule has 2 aliphatic rings. The smallest absolute Gasteiger partial charge is 0.0602 e. The summed E-state index contributed by atoms with van der Waals surface area (Å²) in [6.45, 7) is 0. The van der Waals surface area contributed by atoms with Gasteiger partial charge < -0.3 is 4.57 Å². The quantitative estimate of drug-likeness (QED) is 0.205. The maximum absolute atomic E-state index is 4.83. The van der Waals surface area contributed by atoms with E-state index < -0.39 is 0 Å². The molecule has 2 fully saturated rings. The standard InChI is InChI=1S/C31H31N2.Ir/c1-3-11-23(12-4-1)27-19-20-28(24-13-7-8-14-24)30(29(27)25-15-9-10-16-25)33-22-21-32-31(33)26-17-5-2-6-18-26;/h1-6,11-12,17,19-22,24-25H,7-10,13-16H2;/q-1;. The summed E-state index contributed by atoms with van der Waals surface area (Å²) in [5.74, 6) is 2.24. The van der Waals surface area contributed by atoms with Crippen LogP contribution in [0.2, 0.25) is 0 Å². The second-order valence-electron chi connectivity index (χ2n) is 9.69. The molecular weight excluding hydrogens is 593 g/mol. The molecule has 4 aromatic rings. The second kappa shape index (κ2) is 10.4. The third kappa shape index (κ3) is 4.32. The molecule has 0 unspecified atom stereocenters. The molecule has 0 spiro atoms. The van der Waals surface area contributed by atoms with Gasteiger partial charge >= 0.3 is 0 Å². The molecule has 3 heteroatoms. The minimum Gasteiger partial charge on any atom is -0.339 e. The summed E-state index contributed by atoms with van der Waals surface area (Å²) in [4.78, 5) is 4.83. The van der Waals surface area contributed by atoms with E-state index >= 15 is 0 Å². The van der Waals surface area contributed by atoms with Crippen LogP contribution in [0.15, 0.2) is 79.1 Å². The Balaban J connectivity index is 0.00000241. The van der Waals surface area contributed by atoms with Crippen LogP contribution in [0, 0.1) is 6.07 Å². The van der Waals surface area contributed by atoms with Gasteiger partial charge in [-0.3, -0.25) is 4.98 Å². The van der Waals surface area contributed by atoms with E-state index in [9.17, 15) is 0 Å². The molecule has 0 bridgehead atoms. The molecular formula is C31H31IrN2-. The van der Waals surface area contributed by atoms with Crippen LogP contribution in [0.5, 0.6) is 0 Å². The van der Waals surface area contributed by atoms with Crippen LogP contribution in [-0.4, -0.2) is 9.55 Å². The molecule has 2 aliphatic carbocycles. The van der Waals surface area contributed by atoms with Crippen LogP contribution in [0.25, 0.3) is 28.2 Å². The van der Waals surface area contributed by atoms with Crippen LogP contribution in [0.3, 0.4) is 0 Å². The molecule has 0 atom stereocenters. The Kier molecular flexibility index (Phi) is 7.13. The summed E-state index contributed by atoms with van der Waals surface area (Å²) in [5.41, 5.74) is 8.24. The van der Waals surface area contributed by atoms with Crippen LogP contribution < -0.4 is 0 Å². The SMILES string of the molecule is [Ir].[c-]1ccccc1-c1nccn1-c1c(C2CCCC2)ccc(-c2ccccc2)c1C1CCCC1. The summed E-state index contributed by atoms with van der Waals surface area (Å²) in [7, 11) is 0. The van der Waals surface area contributed by atoms with Gasteiger partial charge in [0.1, 0.15) is 0 Å². The Bertz CT molecular complexity index is 1220. The number of hydrogen-bond donors (Lipinski definition) is 0. The van der Waals surface area contributed by atoms with Crippen molar-refractivity contribution in [3.63, 3.8) is 0 Å². The van der Waals surface area contributed by atoms with E-state index in [1.165, 1.54) is 73.7 Å². The number of nitrogens with zero attached hydrogens (tertiary/aromatic N) is 2. The van der Waals surface area contributed by atoms with Gasteiger partial charge in [-0.2, -0.15) is 0 Å². The molecule has 6 rings (SSSR count). The van der Waals surface area contributed by atoms with Crippen molar-refractivity contribution in [1.82, 2.24) is 9.55 Å². The normalized spacial score (nSPS) is 16.6. The van der Waals surface area contributed by atoms with Crippen LogP contribution >= 0.6 is 0 Å². The molecule has 1 aromatic heterocycles. The van der Waals surface area contributed by atoms with Gasteiger partial charge in [-0.05, 0) is 59.8 Å². The number of imidazole rings is 1. The largest absolute Gasteiger partial charge is 0.339 e. The van der Waals surface area contributed by atoms with Crippen LogP contribution in [0.1, 0.15) is 74.3 Å². The summed E-state index contributed by atoms with van der Waals surface area (Å²) >= 11 is 0. The fourth-order valence-electron chi connectivity index (χ4n) is 6.17. The van der Waals surface area contributed by atoms with E-state index in [0.717, 1.165) is 11.4 Å². The van der Waals surface area contributed by atoms with E-state index in [0.29, 0.717) is 11.8 Å². The molecule has 3 aromatic carbocycles. The maximum Gasteiger partial charge on any atom is 0.0602 e. The van der Waals surface area contributed by atoms with Crippen molar-refractivity contribution in [2.24, 2.45) is 0 Å². The fourth-order valence-corrected chi connectivity index (χ4v) is 6.17. The second-order valence-corrected chi connectivity index (χ2v) is 9.69. The predicted molar refractivity (Wildman–Crippen MR) is 136 cm³/mol. The van der Waals surface area contributed by atoms with Gasteiger partial charge in [-0.25, -0.2) is 0 Å². The monoisotopic (exact) mass is 624 g/mol. The van der Waals surface area contributed by atoms with E-state index in [-0.39, 0.29) is 20.1 Å². The van der Waals surface area contributed by atoms with Crippen molar-refractivity contribution in [3.8, 4) is 28.2 Å². The summed E-state index contributed by atoms with van der Waals surface area (Å²) in [6, 6.07) is 27.5. The topological polar surface area (TPSA) is 17.8 Å². The van der Waals surface area contributed by atoms with Gasteiger partial charge in [0, 0.05) is 38.2 Å². The first kappa shape index (κ1) is 23.3. The zero-order valence-electron chi connectivity index (χ0n) is 19.5. The van der Waals surface area contributed by atoms with Gasteiger partial charge in [-0.15, -0.1) is 35.9 Å². The number of rotatable bonds is 5. The molecule has 175 valence electrons. The van der Waals surface area contributed by atoms with E-state index in [1.54, 1.807) is 5.56 Å². The molecule has 34 heavy (non-hydrogen) atoms. The summed E-state index contributed by atoms with van der Waals surface area (Å²) in [5, 5.41) is 0. The van der Waals surface area contributed by atoms with Crippen molar-refractivity contribution in [2.75, 3.05) is 0 Å². The van der Waals surface area contributed by atoms with E-state index in [4.69, 9.17) is 4.98 Å². The summed E-state index contributed by atoms with van der Waals surface area (Å²) in [6.07, 6.45) is 14.6. The molecule has 0 amide bonds. The number of hydrogen-bond acceptors (Lipinski definition) is 1. The molecule has 1 radical (unpaired) electrons. The third-order valence-electron chi connectivity index (χ3n) is 7.72. The predicted octanol–water partition coefficient (Wildman–Crippen LogP) is 8.32. The Morgan fingerprint density at radius 3 is 2.18 bits per heavy atom. The Hall–Kier alpha value is -2.48. The molecule has 0 saturated heterocycles. The van der Waals surface area contributed by atoms with Gasteiger partial charge in [-0.1, -0.05) is 68.1 Å². The number of aromatic nitrogens is 2. The third-order valence-corrected chi connectivity index (χ3v) is 7.72. The minimum absolute atomic E-state index is 0. The van der Waals surface area contributed by atoms with Crippen molar-refractivity contribution in [2.45, 2.75) is 63.2 Å². The summed E-state index contributed by atoms with van der Waals surface area (Å²) < 4.78 is 2.39. The Morgan fingerprint density at radius 2 is 1.47 bits per heavy atom. The molecule has 2 saturated carbocycles. The first-order valence-electron chi connectivity index (χ1n) is 12.6. The van der Waals surface area contributed by atoms with Crippen LogP contribution in [-0.2, 0) is 20.1 Å². The van der Waals surface area contributed by atoms with Crippen molar-refractivity contribution in [3.05, 3.63) is 96.3 Å². The molecule has 0 N–H and O–H groups in total. The minimum atomic E-state index is 0. The van der Waals surface area contributed by atoms with Crippen LogP contribution in [0.4, 0.5) is 0 Å². The molecule has 1 heterocycles. The molecule has 0 aliphatic heterocycles. The van der Waals surface area contributed by atoms with E-state index in [2.05, 4.69) is 71.4 Å². The molecule has 2 nitrogen and oxygen atoms in total. The van der Waals surface area contributed by atoms with Crippen molar-refractivity contribution < 1.29 is 20.1 Å². The fraction of sp³-hybridized carbons (Fsp3) is 0.323. The Morgan fingerprint density at radius 1 is 0.765 bits per heavy atom. The van der Waals surface area contributed by atoms with Gasteiger partial charge in [0.15, 0.2) is 0 Å². The zero-order chi connectivity index (χ0) is 22.0. The average Bonchev–Trinajstić information content (AvgIpc) is 3.67. The van der Waals surface area contributed by atoms with Gasteiger partial charge in [0.05, 0.1) is 5.82 Å². The van der Waals surface area contributed by atoms with E-state index in [1.807, 2.05) is 18.3 Å². The zero-order valence-corrected chi connectivity index (χ0v) is 21.9. The Labute approximate surface area is 216 Å². The maximum atomic E-state index is 4.83. The van der Waals surface area contributed by atoms with Gasteiger partial charge in [0.25, 0.3) is 0 Å². The first-order chi connectivity index (χ1) is 16.4. The average molecular weight is 624 g/mol.